The van der Waals surface area contributed by atoms with E-state index in [0.717, 1.165) is 32.8 Å². The van der Waals surface area contributed by atoms with Crippen LogP contribution in [0.5, 0.6) is 5.75 Å². The van der Waals surface area contributed by atoms with E-state index >= 15 is 0 Å². The van der Waals surface area contributed by atoms with Crippen molar-refractivity contribution < 1.29 is 8.95 Å². The van der Waals surface area contributed by atoms with Crippen molar-refractivity contribution >= 4 is 32.4 Å². The number of fused-ring (bicyclic) bond motifs is 1. The van der Waals surface area contributed by atoms with Gasteiger partial charge in [-0.25, -0.2) is 4.98 Å². The number of hydrogen-bond acceptors (Lipinski definition) is 5. The Morgan fingerprint density at radius 2 is 2.05 bits per heavy atom. The lowest BCUT2D eigenvalue weighted by Gasteiger charge is -2.11. The van der Waals surface area contributed by atoms with E-state index in [1.807, 2.05) is 38.1 Å². The molecule has 3 aromatic rings. The van der Waals surface area contributed by atoms with Crippen molar-refractivity contribution in [3.8, 4) is 5.75 Å². The maximum absolute atomic E-state index is 12.6. The molecule has 3 rings (SSSR count). The van der Waals surface area contributed by atoms with Gasteiger partial charge in [-0.05, 0) is 26.0 Å². The zero-order chi connectivity index (χ0) is 15.7. The van der Waals surface area contributed by atoms with Crippen LogP contribution in [-0.2, 0) is 16.6 Å². The summed E-state index contributed by atoms with van der Waals surface area (Å²) in [5.74, 6) is 1.16. The summed E-state index contributed by atoms with van der Waals surface area (Å²) in [6.45, 7) is 3.90. The number of hydrogen-bond donors (Lipinski definition) is 0. The second-order valence-electron chi connectivity index (χ2n) is 4.98. The van der Waals surface area contributed by atoms with Crippen LogP contribution in [0, 0.1) is 13.8 Å². The summed E-state index contributed by atoms with van der Waals surface area (Å²) in [6, 6.07) is 7.83. The fraction of sp³-hybridized carbons (Fsp3) is 0.250. The molecular formula is C16H16N2O2S2. The average molecular weight is 332 g/mol. The van der Waals surface area contributed by atoms with Crippen molar-refractivity contribution in [2.45, 2.75) is 23.9 Å². The van der Waals surface area contributed by atoms with Crippen LogP contribution < -0.4 is 4.74 Å². The Bertz CT molecular complexity index is 825. The van der Waals surface area contributed by atoms with Crippen LogP contribution in [0.4, 0.5) is 0 Å². The number of rotatable bonds is 4. The molecule has 0 aliphatic rings. The Morgan fingerprint density at radius 1 is 1.27 bits per heavy atom. The average Bonchev–Trinajstić information content (AvgIpc) is 2.95. The van der Waals surface area contributed by atoms with Crippen molar-refractivity contribution in [1.82, 2.24) is 9.97 Å². The summed E-state index contributed by atoms with van der Waals surface area (Å²) in [7, 11) is 0.438. The van der Waals surface area contributed by atoms with Crippen molar-refractivity contribution in [3.05, 3.63) is 47.3 Å². The first-order valence-corrected chi connectivity index (χ1v) is 8.96. The summed E-state index contributed by atoms with van der Waals surface area (Å²) in [4.78, 5) is 8.87. The number of nitrogens with zero attached hydrogens (tertiary/aromatic N) is 2. The van der Waals surface area contributed by atoms with Gasteiger partial charge in [-0.2, -0.15) is 0 Å². The Kier molecular flexibility index (Phi) is 4.22. The van der Waals surface area contributed by atoms with Gasteiger partial charge in [0.25, 0.3) is 0 Å². The Labute approximate surface area is 135 Å². The molecule has 6 heteroatoms. The third kappa shape index (κ3) is 2.76. The highest BCUT2D eigenvalue weighted by Gasteiger charge is 2.16. The fourth-order valence-electron chi connectivity index (χ4n) is 2.35. The van der Waals surface area contributed by atoms with Gasteiger partial charge in [-0.15, -0.1) is 11.3 Å². The van der Waals surface area contributed by atoms with Crippen molar-refractivity contribution in [3.63, 3.8) is 0 Å². The monoisotopic (exact) mass is 332 g/mol. The van der Waals surface area contributed by atoms with Crippen LogP contribution in [0.3, 0.4) is 0 Å². The molecule has 1 unspecified atom stereocenters. The highest BCUT2D eigenvalue weighted by atomic mass is 32.2. The highest BCUT2D eigenvalue weighted by molar-refractivity contribution is 7.86. The smallest absolute Gasteiger partial charge is 0.182 e. The van der Waals surface area contributed by atoms with Gasteiger partial charge in [0.05, 0.1) is 39.6 Å². The third-order valence-electron chi connectivity index (χ3n) is 3.49. The topological polar surface area (TPSA) is 52.1 Å². The van der Waals surface area contributed by atoms with Gasteiger partial charge in [-0.3, -0.25) is 9.19 Å². The quantitative estimate of drug-likeness (QED) is 0.732. The van der Waals surface area contributed by atoms with Gasteiger partial charge >= 0.3 is 0 Å². The van der Waals surface area contributed by atoms with Crippen LogP contribution in [0.2, 0.25) is 0 Å². The van der Waals surface area contributed by atoms with Crippen molar-refractivity contribution in [1.29, 1.82) is 0 Å². The summed E-state index contributed by atoms with van der Waals surface area (Å²) in [6.07, 6.45) is 1.76. The summed E-state index contributed by atoms with van der Waals surface area (Å²) in [5.41, 5.74) is 3.61. The molecule has 0 spiro atoms. The molecule has 2 aromatic heterocycles. The molecule has 1 atom stereocenters. The lowest BCUT2D eigenvalue weighted by Crippen LogP contribution is -2.04. The predicted molar refractivity (Wildman–Crippen MR) is 90.0 cm³/mol. The molecule has 0 aliphatic carbocycles. The Balaban J connectivity index is 1.91. The van der Waals surface area contributed by atoms with E-state index in [0.29, 0.717) is 10.1 Å². The normalized spacial score (nSPS) is 12.5. The SMILES string of the molecule is COc1c(C)cnc(CS(=O)c2nc3ccccc3s2)c1C. The second kappa shape index (κ2) is 6.14. The molecule has 2 heterocycles. The lowest BCUT2D eigenvalue weighted by molar-refractivity contribution is 0.407. The van der Waals surface area contributed by atoms with Gasteiger partial charge in [0.2, 0.25) is 0 Å². The van der Waals surface area contributed by atoms with E-state index in [1.165, 1.54) is 11.3 Å². The summed E-state index contributed by atoms with van der Waals surface area (Å²) < 4.78 is 19.7. The van der Waals surface area contributed by atoms with Crippen LogP contribution >= 0.6 is 11.3 Å². The number of aryl methyl sites for hydroxylation is 1. The molecule has 0 fully saturated rings. The van der Waals surface area contributed by atoms with Gasteiger partial charge in [0.1, 0.15) is 5.75 Å². The minimum Gasteiger partial charge on any atom is -0.496 e. The van der Waals surface area contributed by atoms with E-state index in [1.54, 1.807) is 13.3 Å². The van der Waals surface area contributed by atoms with E-state index < -0.39 is 10.8 Å². The minimum atomic E-state index is -1.20. The van der Waals surface area contributed by atoms with Crippen molar-refractivity contribution in [2.24, 2.45) is 0 Å². The minimum absolute atomic E-state index is 0.349. The van der Waals surface area contributed by atoms with Gasteiger partial charge in [-0.1, -0.05) is 12.1 Å². The van der Waals surface area contributed by atoms with E-state index in [-0.39, 0.29) is 0 Å². The molecule has 22 heavy (non-hydrogen) atoms. The van der Waals surface area contributed by atoms with Crippen LogP contribution in [-0.4, -0.2) is 21.3 Å². The number of methoxy groups -OCH3 is 1. The van der Waals surface area contributed by atoms with Crippen LogP contribution in [0.25, 0.3) is 10.2 Å². The molecule has 0 radical (unpaired) electrons. The Morgan fingerprint density at radius 3 is 2.77 bits per heavy atom. The molecular weight excluding hydrogens is 316 g/mol. The molecule has 0 aliphatic heterocycles. The van der Waals surface area contributed by atoms with E-state index in [2.05, 4.69) is 9.97 Å². The molecule has 0 saturated carbocycles. The zero-order valence-corrected chi connectivity index (χ0v) is 14.3. The maximum Gasteiger partial charge on any atom is 0.182 e. The maximum atomic E-state index is 12.6. The molecule has 0 bridgehead atoms. The number of aromatic nitrogens is 2. The molecule has 4 nitrogen and oxygen atoms in total. The van der Waals surface area contributed by atoms with E-state index in [9.17, 15) is 4.21 Å². The van der Waals surface area contributed by atoms with E-state index in [4.69, 9.17) is 4.74 Å². The van der Waals surface area contributed by atoms with Crippen molar-refractivity contribution in [2.75, 3.05) is 7.11 Å². The first-order valence-electron chi connectivity index (χ1n) is 6.83. The number of thiazole rings is 1. The summed E-state index contributed by atoms with van der Waals surface area (Å²) >= 11 is 1.47. The lowest BCUT2D eigenvalue weighted by atomic mass is 10.1. The zero-order valence-electron chi connectivity index (χ0n) is 12.6. The van der Waals surface area contributed by atoms with Gasteiger partial charge in [0, 0.05) is 17.3 Å². The molecule has 114 valence electrons. The molecule has 1 aromatic carbocycles. The first kappa shape index (κ1) is 15.1. The molecule has 0 amide bonds. The van der Waals surface area contributed by atoms with Crippen LogP contribution in [0.1, 0.15) is 16.8 Å². The second-order valence-corrected chi connectivity index (χ2v) is 7.64. The van der Waals surface area contributed by atoms with Crippen LogP contribution in [0.15, 0.2) is 34.8 Å². The largest absolute Gasteiger partial charge is 0.496 e. The summed E-state index contributed by atoms with van der Waals surface area (Å²) in [5, 5.41) is 0. The molecule has 0 N–H and O–H groups in total. The number of benzene rings is 1. The fourth-order valence-corrected chi connectivity index (χ4v) is 4.73. The Hall–Kier alpha value is -1.79. The van der Waals surface area contributed by atoms with Gasteiger partial charge in [0.15, 0.2) is 4.34 Å². The third-order valence-corrected chi connectivity index (χ3v) is 6.14. The molecule has 0 saturated heterocycles. The predicted octanol–water partition coefficient (Wildman–Crippen LogP) is 3.62. The highest BCUT2D eigenvalue weighted by Crippen LogP contribution is 2.28. The number of pyridine rings is 1. The number of para-hydroxylation sites is 1. The first-order chi connectivity index (χ1) is 10.6. The number of ether oxygens (including phenoxy) is 1. The standard InChI is InChI=1S/C16H16N2O2S2/c1-10-8-17-13(11(2)15(10)20-3)9-22(19)16-18-12-6-4-5-7-14(12)21-16/h4-8H,9H2,1-3H3. The van der Waals surface area contributed by atoms with Gasteiger partial charge < -0.3 is 4.74 Å².